The van der Waals surface area contributed by atoms with Gasteiger partial charge in [-0.15, -0.1) is 11.3 Å². The van der Waals surface area contributed by atoms with Gasteiger partial charge in [-0.2, -0.15) is 0 Å². The van der Waals surface area contributed by atoms with Gasteiger partial charge in [0.1, 0.15) is 6.54 Å². The summed E-state index contributed by atoms with van der Waals surface area (Å²) in [7, 11) is 0. The molecule has 1 aromatic heterocycles. The summed E-state index contributed by atoms with van der Waals surface area (Å²) in [6, 6.07) is 5.27. The Morgan fingerprint density at radius 3 is 2.57 bits per heavy atom. The first kappa shape index (κ1) is 16.6. The van der Waals surface area contributed by atoms with Crippen molar-refractivity contribution in [2.45, 2.75) is 6.92 Å². The SMILES string of the molecule is CCN(CC(=O)Nc1nccs1)C(=O)c1ccc([N+](=O)[O-])cc1. The van der Waals surface area contributed by atoms with Crippen LogP contribution in [-0.4, -0.2) is 39.7 Å². The summed E-state index contributed by atoms with van der Waals surface area (Å²) in [6.45, 7) is 1.97. The molecule has 0 spiro atoms. The lowest BCUT2D eigenvalue weighted by atomic mass is 10.2. The predicted molar refractivity (Wildman–Crippen MR) is 85.4 cm³/mol. The number of amides is 2. The first-order valence-corrected chi connectivity index (χ1v) is 7.62. The van der Waals surface area contributed by atoms with E-state index in [0.29, 0.717) is 17.2 Å². The highest BCUT2D eigenvalue weighted by Crippen LogP contribution is 2.14. The monoisotopic (exact) mass is 334 g/mol. The Hall–Kier alpha value is -2.81. The topological polar surface area (TPSA) is 105 Å². The Morgan fingerprint density at radius 1 is 1.35 bits per heavy atom. The molecule has 0 radical (unpaired) electrons. The van der Waals surface area contributed by atoms with Crippen LogP contribution in [0.4, 0.5) is 10.8 Å². The molecule has 0 aliphatic rings. The van der Waals surface area contributed by atoms with Crippen molar-refractivity contribution in [1.82, 2.24) is 9.88 Å². The number of non-ortho nitro benzene ring substituents is 1. The maximum atomic E-state index is 12.4. The fourth-order valence-electron chi connectivity index (χ4n) is 1.85. The van der Waals surface area contributed by atoms with Crippen molar-refractivity contribution >= 4 is 34.0 Å². The zero-order valence-electron chi connectivity index (χ0n) is 12.3. The van der Waals surface area contributed by atoms with Crippen molar-refractivity contribution in [1.29, 1.82) is 0 Å². The molecular weight excluding hydrogens is 320 g/mol. The molecule has 0 fully saturated rings. The average molecular weight is 334 g/mol. The molecule has 1 aromatic carbocycles. The van der Waals surface area contributed by atoms with Gasteiger partial charge in [0.25, 0.3) is 11.6 Å². The highest BCUT2D eigenvalue weighted by atomic mass is 32.1. The highest BCUT2D eigenvalue weighted by Gasteiger charge is 2.18. The number of anilines is 1. The van der Waals surface area contributed by atoms with Gasteiger partial charge in [0.05, 0.1) is 4.92 Å². The third kappa shape index (κ3) is 4.33. The molecule has 0 aliphatic heterocycles. The van der Waals surface area contributed by atoms with Crippen LogP contribution in [-0.2, 0) is 4.79 Å². The van der Waals surface area contributed by atoms with Gasteiger partial charge in [-0.05, 0) is 19.1 Å². The largest absolute Gasteiger partial charge is 0.330 e. The minimum Gasteiger partial charge on any atom is -0.330 e. The van der Waals surface area contributed by atoms with E-state index in [9.17, 15) is 19.7 Å². The minimum absolute atomic E-state index is 0.0916. The summed E-state index contributed by atoms with van der Waals surface area (Å²) in [5.41, 5.74) is 0.200. The number of nitro benzene ring substituents is 1. The number of nitrogens with one attached hydrogen (secondary N) is 1. The van der Waals surface area contributed by atoms with Crippen LogP contribution in [0.2, 0.25) is 0 Å². The number of benzene rings is 1. The number of rotatable bonds is 6. The van der Waals surface area contributed by atoms with Crippen LogP contribution in [0.1, 0.15) is 17.3 Å². The van der Waals surface area contributed by atoms with Crippen molar-refractivity contribution in [2.24, 2.45) is 0 Å². The lowest BCUT2D eigenvalue weighted by molar-refractivity contribution is -0.384. The molecule has 2 aromatic rings. The van der Waals surface area contributed by atoms with Gasteiger partial charge in [-0.1, -0.05) is 0 Å². The number of carbonyl (C=O) groups excluding carboxylic acids is 2. The van der Waals surface area contributed by atoms with Crippen LogP contribution >= 0.6 is 11.3 Å². The second-order valence-electron chi connectivity index (χ2n) is 4.51. The van der Waals surface area contributed by atoms with Crippen LogP contribution < -0.4 is 5.32 Å². The molecule has 0 saturated heterocycles. The Kier molecular flexibility index (Phi) is 5.36. The first-order chi connectivity index (χ1) is 11.0. The number of nitrogens with zero attached hydrogens (tertiary/aromatic N) is 3. The summed E-state index contributed by atoms with van der Waals surface area (Å²) in [4.78, 5) is 39.7. The predicted octanol–water partition coefficient (Wildman–Crippen LogP) is 2.15. The maximum Gasteiger partial charge on any atom is 0.269 e. The third-order valence-electron chi connectivity index (χ3n) is 3.01. The van der Waals surface area contributed by atoms with Gasteiger partial charge in [0.2, 0.25) is 5.91 Å². The molecule has 2 rings (SSSR count). The lowest BCUT2D eigenvalue weighted by Crippen LogP contribution is -2.37. The Bertz CT molecular complexity index is 700. The normalized spacial score (nSPS) is 10.1. The molecule has 8 nitrogen and oxygen atoms in total. The van der Waals surface area contributed by atoms with E-state index in [1.54, 1.807) is 18.5 Å². The lowest BCUT2D eigenvalue weighted by Gasteiger charge is -2.20. The standard InChI is InChI=1S/C14H14N4O4S/c1-2-17(9-12(19)16-14-15-7-8-23-14)13(20)10-3-5-11(6-4-10)18(21)22/h3-8H,2,9H2,1H3,(H,15,16,19). The second-order valence-corrected chi connectivity index (χ2v) is 5.40. The molecule has 9 heteroatoms. The summed E-state index contributed by atoms with van der Waals surface area (Å²) in [5.74, 6) is -0.714. The van der Waals surface area contributed by atoms with Gasteiger partial charge < -0.3 is 10.2 Å². The number of nitro groups is 1. The van der Waals surface area contributed by atoms with Gasteiger partial charge >= 0.3 is 0 Å². The fraction of sp³-hybridized carbons (Fsp3) is 0.214. The Morgan fingerprint density at radius 2 is 2.04 bits per heavy atom. The van der Waals surface area contributed by atoms with Crippen LogP contribution in [0.5, 0.6) is 0 Å². The van der Waals surface area contributed by atoms with E-state index in [4.69, 9.17) is 0 Å². The second kappa shape index (κ2) is 7.45. The molecule has 23 heavy (non-hydrogen) atoms. The van der Waals surface area contributed by atoms with Gasteiger partial charge in [-0.3, -0.25) is 19.7 Å². The number of aromatic nitrogens is 1. The zero-order valence-corrected chi connectivity index (χ0v) is 13.1. The Balaban J connectivity index is 2.02. The molecule has 2 amide bonds. The zero-order chi connectivity index (χ0) is 16.8. The quantitative estimate of drug-likeness (QED) is 0.643. The van der Waals surface area contributed by atoms with E-state index in [0.717, 1.165) is 0 Å². The number of hydrogen-bond donors (Lipinski definition) is 1. The first-order valence-electron chi connectivity index (χ1n) is 6.74. The van der Waals surface area contributed by atoms with E-state index in [1.807, 2.05) is 0 Å². The fourth-order valence-corrected chi connectivity index (χ4v) is 2.40. The van der Waals surface area contributed by atoms with Crippen molar-refractivity contribution < 1.29 is 14.5 Å². The number of thiazole rings is 1. The maximum absolute atomic E-state index is 12.4. The molecule has 0 saturated carbocycles. The summed E-state index contributed by atoms with van der Waals surface area (Å²) in [5, 5.41) is 15.4. The highest BCUT2D eigenvalue weighted by molar-refractivity contribution is 7.13. The van der Waals surface area contributed by atoms with Crippen LogP contribution in [0.25, 0.3) is 0 Å². The van der Waals surface area contributed by atoms with Crippen molar-refractivity contribution in [3.8, 4) is 0 Å². The summed E-state index contributed by atoms with van der Waals surface area (Å²) >= 11 is 1.28. The van der Waals surface area contributed by atoms with E-state index in [2.05, 4.69) is 10.3 Å². The van der Waals surface area contributed by atoms with E-state index in [-0.39, 0.29) is 24.0 Å². The molecule has 120 valence electrons. The van der Waals surface area contributed by atoms with Crippen molar-refractivity contribution in [2.75, 3.05) is 18.4 Å². The van der Waals surface area contributed by atoms with Gasteiger partial charge in [0, 0.05) is 35.8 Å². The van der Waals surface area contributed by atoms with E-state index >= 15 is 0 Å². The molecule has 0 atom stereocenters. The smallest absolute Gasteiger partial charge is 0.269 e. The molecule has 1 heterocycles. The molecule has 0 aliphatic carbocycles. The van der Waals surface area contributed by atoms with E-state index in [1.165, 1.54) is 40.5 Å². The molecular formula is C14H14N4O4S. The van der Waals surface area contributed by atoms with Crippen LogP contribution in [0.3, 0.4) is 0 Å². The molecule has 1 N–H and O–H groups in total. The average Bonchev–Trinajstić information content (AvgIpc) is 3.05. The molecule has 0 bridgehead atoms. The van der Waals surface area contributed by atoms with Crippen molar-refractivity contribution in [3.05, 3.63) is 51.5 Å². The minimum atomic E-state index is -0.534. The van der Waals surface area contributed by atoms with Crippen LogP contribution in [0.15, 0.2) is 35.8 Å². The number of likely N-dealkylation sites (N-methyl/N-ethyl adjacent to an activating group) is 1. The summed E-state index contributed by atoms with van der Waals surface area (Å²) < 4.78 is 0. The number of carbonyl (C=O) groups is 2. The van der Waals surface area contributed by atoms with E-state index < -0.39 is 4.92 Å². The van der Waals surface area contributed by atoms with Crippen LogP contribution in [0, 0.1) is 10.1 Å². The summed E-state index contributed by atoms with van der Waals surface area (Å²) in [6.07, 6.45) is 1.57. The third-order valence-corrected chi connectivity index (χ3v) is 3.70. The van der Waals surface area contributed by atoms with Crippen molar-refractivity contribution in [3.63, 3.8) is 0 Å². The van der Waals surface area contributed by atoms with Gasteiger partial charge in [0.15, 0.2) is 5.13 Å². The molecule has 0 unspecified atom stereocenters. The number of hydrogen-bond acceptors (Lipinski definition) is 6. The van der Waals surface area contributed by atoms with Gasteiger partial charge in [-0.25, -0.2) is 4.98 Å². The Labute approximate surface area is 135 Å².